The minimum Gasteiger partial charge on any atom is -0.506 e. The smallest absolute Gasteiger partial charge is 0.405 e. The molecule has 5 N–H and O–H groups in total. The van der Waals surface area contributed by atoms with Crippen molar-refractivity contribution in [3.05, 3.63) is 24.5 Å². The van der Waals surface area contributed by atoms with Crippen LogP contribution in [0.5, 0.6) is 11.6 Å². The number of carbonyl (C=O) groups excluding carboxylic acids is 1. The highest BCUT2D eigenvalue weighted by Crippen LogP contribution is 2.35. The second-order valence-electron chi connectivity index (χ2n) is 6.81. The number of H-pyrrole nitrogens is 1. The van der Waals surface area contributed by atoms with Crippen LogP contribution in [0.15, 0.2) is 24.5 Å². The van der Waals surface area contributed by atoms with Gasteiger partial charge in [0.15, 0.2) is 5.82 Å². The summed E-state index contributed by atoms with van der Waals surface area (Å²) in [5.41, 5.74) is -0.900. The molecule has 0 saturated heterocycles. The van der Waals surface area contributed by atoms with Crippen LogP contribution in [0.2, 0.25) is 0 Å². The first-order valence-corrected chi connectivity index (χ1v) is 8.88. The van der Waals surface area contributed by atoms with E-state index in [1.54, 1.807) is 6.92 Å². The Kier molecular flexibility index (Phi) is 5.42. The number of nitrogens with zero attached hydrogens (tertiary/aromatic N) is 3. The highest BCUT2D eigenvalue weighted by molar-refractivity contribution is 5.96. The van der Waals surface area contributed by atoms with Gasteiger partial charge in [0, 0.05) is 11.6 Å². The number of hydrogen-bond acceptors (Lipinski definition) is 7. The predicted octanol–water partition coefficient (Wildman–Crippen LogP) is 2.69. The third kappa shape index (κ3) is 4.36. The lowest BCUT2D eigenvalue weighted by Gasteiger charge is -2.29. The number of anilines is 1. The molecule has 0 radical (unpaired) electrons. The summed E-state index contributed by atoms with van der Waals surface area (Å²) < 4.78 is 37.3. The molecule has 30 heavy (non-hydrogen) atoms. The van der Waals surface area contributed by atoms with Crippen molar-refractivity contribution < 1.29 is 28.2 Å². The van der Waals surface area contributed by atoms with Crippen LogP contribution in [0.4, 0.5) is 19.0 Å². The molecule has 0 aliphatic heterocycles. The van der Waals surface area contributed by atoms with Crippen molar-refractivity contribution >= 4 is 22.8 Å². The molecule has 3 aromatic heterocycles. The molecule has 3 heterocycles. The van der Waals surface area contributed by atoms with E-state index in [9.17, 15) is 28.2 Å². The number of alkyl halides is 3. The maximum atomic E-state index is 12.4. The van der Waals surface area contributed by atoms with Crippen LogP contribution in [0.25, 0.3) is 22.4 Å². The van der Waals surface area contributed by atoms with Crippen LogP contribution in [-0.4, -0.2) is 54.3 Å². The van der Waals surface area contributed by atoms with Crippen molar-refractivity contribution in [2.24, 2.45) is 0 Å². The minimum absolute atomic E-state index is 0.0605. The quantitative estimate of drug-likeness (QED) is 0.410. The molecule has 3 rings (SSSR count). The van der Waals surface area contributed by atoms with Gasteiger partial charge in [0.05, 0.1) is 11.8 Å². The van der Waals surface area contributed by atoms with E-state index in [1.807, 2.05) is 5.32 Å². The Balaban J connectivity index is 1.91. The molecule has 3 aromatic rings. The van der Waals surface area contributed by atoms with Gasteiger partial charge in [-0.15, -0.1) is 0 Å². The number of amides is 1. The summed E-state index contributed by atoms with van der Waals surface area (Å²) in [6.07, 6.45) is -1.79. The van der Waals surface area contributed by atoms with Crippen molar-refractivity contribution in [3.8, 4) is 23.0 Å². The van der Waals surface area contributed by atoms with Gasteiger partial charge < -0.3 is 25.8 Å². The van der Waals surface area contributed by atoms with Gasteiger partial charge in [0.2, 0.25) is 11.8 Å². The zero-order valence-electron chi connectivity index (χ0n) is 16.0. The molecular weight excluding hydrogens is 405 g/mol. The fourth-order valence-electron chi connectivity index (χ4n) is 2.79. The molecule has 1 atom stereocenters. The second-order valence-corrected chi connectivity index (χ2v) is 6.81. The summed E-state index contributed by atoms with van der Waals surface area (Å²) in [6, 6.07) is 2.81. The number of aromatic amines is 1. The third-order valence-electron chi connectivity index (χ3n) is 4.56. The number of halogens is 3. The lowest BCUT2D eigenvalue weighted by molar-refractivity contribution is -0.140. The normalized spacial score (nSPS) is 13.8. The molecule has 0 aromatic carbocycles. The molecule has 0 saturated carbocycles. The zero-order chi connectivity index (χ0) is 22.1. The van der Waals surface area contributed by atoms with Gasteiger partial charge in [0.25, 0.3) is 0 Å². The van der Waals surface area contributed by atoms with E-state index in [-0.39, 0.29) is 35.3 Å². The van der Waals surface area contributed by atoms with E-state index in [0.717, 1.165) is 0 Å². The largest absolute Gasteiger partial charge is 0.506 e. The average molecular weight is 424 g/mol. The molecule has 0 aliphatic rings. The van der Waals surface area contributed by atoms with Gasteiger partial charge in [-0.2, -0.15) is 13.2 Å². The van der Waals surface area contributed by atoms with E-state index in [4.69, 9.17) is 0 Å². The number of carbonyl (C=O) groups is 1. The van der Waals surface area contributed by atoms with E-state index in [1.165, 1.54) is 31.5 Å². The van der Waals surface area contributed by atoms with Crippen molar-refractivity contribution in [3.63, 3.8) is 0 Å². The number of fused-ring (bicyclic) bond motifs is 1. The van der Waals surface area contributed by atoms with Gasteiger partial charge in [-0.1, -0.05) is 6.92 Å². The lowest BCUT2D eigenvalue weighted by atomic mass is 9.97. The Hall–Kier alpha value is -3.57. The second kappa shape index (κ2) is 7.69. The Labute approximate surface area is 168 Å². The number of hydrogen-bond donors (Lipinski definition) is 5. The van der Waals surface area contributed by atoms with Crippen LogP contribution >= 0.6 is 0 Å². The van der Waals surface area contributed by atoms with E-state index >= 15 is 0 Å². The Morgan fingerprint density at radius 3 is 2.67 bits per heavy atom. The van der Waals surface area contributed by atoms with Crippen molar-refractivity contribution in [1.29, 1.82) is 0 Å². The molecule has 0 unspecified atom stereocenters. The lowest BCUT2D eigenvalue weighted by Crippen LogP contribution is -2.52. The van der Waals surface area contributed by atoms with Crippen LogP contribution in [0.3, 0.4) is 0 Å². The molecular formula is C18H19F3N6O3. The number of rotatable bonds is 6. The molecule has 9 nitrogen and oxygen atoms in total. The summed E-state index contributed by atoms with van der Waals surface area (Å²) in [4.78, 5) is 27.3. The van der Waals surface area contributed by atoms with Gasteiger partial charge in [0.1, 0.15) is 29.3 Å². The highest BCUT2D eigenvalue weighted by atomic mass is 19.4. The Bertz CT molecular complexity index is 1080. The summed E-state index contributed by atoms with van der Waals surface area (Å²) in [6.45, 7) is 1.64. The molecule has 160 valence electrons. The first-order chi connectivity index (χ1) is 14.0. The van der Waals surface area contributed by atoms with Crippen LogP contribution in [0.1, 0.15) is 20.3 Å². The zero-order valence-corrected chi connectivity index (χ0v) is 16.0. The summed E-state index contributed by atoms with van der Waals surface area (Å²) in [5.74, 6) is -1.02. The SMILES string of the molecule is CC[C@@](C)(Nc1ccnc(-c2c(O)[nH]c3ncc(O)cc23)n1)C(=O)NCC(F)(F)F. The first-order valence-electron chi connectivity index (χ1n) is 8.88. The van der Waals surface area contributed by atoms with Gasteiger partial charge >= 0.3 is 6.18 Å². The average Bonchev–Trinajstić information content (AvgIpc) is 3.00. The van der Waals surface area contributed by atoms with E-state index < -0.39 is 24.2 Å². The summed E-state index contributed by atoms with van der Waals surface area (Å²) in [7, 11) is 0. The highest BCUT2D eigenvalue weighted by Gasteiger charge is 2.35. The van der Waals surface area contributed by atoms with Crippen molar-refractivity contribution in [2.45, 2.75) is 32.0 Å². The fourth-order valence-corrected chi connectivity index (χ4v) is 2.79. The number of nitrogens with one attached hydrogen (secondary N) is 3. The van der Waals surface area contributed by atoms with Gasteiger partial charge in [-0.3, -0.25) is 4.79 Å². The number of aromatic nitrogens is 4. The third-order valence-corrected chi connectivity index (χ3v) is 4.56. The number of pyridine rings is 1. The molecule has 0 aliphatic carbocycles. The van der Waals surface area contributed by atoms with E-state index in [2.05, 4.69) is 25.3 Å². The molecule has 1 amide bonds. The molecule has 0 fully saturated rings. The van der Waals surface area contributed by atoms with Crippen LogP contribution in [-0.2, 0) is 4.79 Å². The topological polar surface area (TPSA) is 136 Å². The fraction of sp³-hybridized carbons (Fsp3) is 0.333. The summed E-state index contributed by atoms with van der Waals surface area (Å²) >= 11 is 0. The van der Waals surface area contributed by atoms with Gasteiger partial charge in [-0.05, 0) is 25.5 Å². The van der Waals surface area contributed by atoms with Crippen LogP contribution < -0.4 is 10.6 Å². The summed E-state index contributed by atoms with van der Waals surface area (Å²) in [5, 5.41) is 25.0. The molecule has 12 heteroatoms. The Morgan fingerprint density at radius 1 is 1.27 bits per heavy atom. The maximum absolute atomic E-state index is 12.4. The predicted molar refractivity (Wildman–Crippen MR) is 102 cm³/mol. The van der Waals surface area contributed by atoms with Gasteiger partial charge in [-0.25, -0.2) is 15.0 Å². The van der Waals surface area contributed by atoms with Crippen LogP contribution in [0, 0.1) is 0 Å². The molecule has 0 spiro atoms. The van der Waals surface area contributed by atoms with Crippen molar-refractivity contribution in [1.82, 2.24) is 25.3 Å². The first kappa shape index (κ1) is 21.1. The molecule has 0 bridgehead atoms. The van der Waals surface area contributed by atoms with E-state index in [0.29, 0.717) is 11.0 Å². The monoisotopic (exact) mass is 424 g/mol. The maximum Gasteiger partial charge on any atom is 0.405 e. The Morgan fingerprint density at radius 2 is 2.00 bits per heavy atom. The van der Waals surface area contributed by atoms with Crippen molar-refractivity contribution in [2.75, 3.05) is 11.9 Å². The standard InChI is InChI=1S/C18H19F3N6O3/c1-3-17(2,16(30)24-8-18(19,20)21)27-11-4-5-22-14(25-11)12-10-6-9(28)7-23-13(10)26-15(12)29/h4-7,28-29H,3,8H2,1-2H3,(H,23,26)(H,24,30)(H,22,25,27)/t17-/m1/s1. The minimum atomic E-state index is -4.53. The number of aromatic hydroxyl groups is 2.